The quantitative estimate of drug-likeness (QED) is 0.0366. The predicted octanol–water partition coefficient (Wildman–Crippen LogP) is 35.7. The van der Waals surface area contributed by atoms with E-state index >= 15 is 0 Å². The Balaban J connectivity index is 0.000000182. The molecule has 13 aromatic rings. The molecule has 0 radical (unpaired) electrons. The van der Waals surface area contributed by atoms with Crippen molar-refractivity contribution in [2.24, 2.45) is 0 Å². The van der Waals surface area contributed by atoms with Gasteiger partial charge in [0.25, 0.3) is 0 Å². The molecular weight excluding hydrogens is 1820 g/mol. The Bertz CT molecular complexity index is 6010. The number of carbonyl (C=O) groups is 2. The molecule has 13 aromatic carbocycles. The lowest BCUT2D eigenvalue weighted by Crippen LogP contribution is -2.27. The Morgan fingerprint density at radius 3 is 0.857 bits per heavy atom. The minimum absolute atomic E-state index is 0.186. The molecule has 2 aliphatic rings. The fourth-order valence-electron chi connectivity index (χ4n) is 17.4. The summed E-state index contributed by atoms with van der Waals surface area (Å²) in [7, 11) is 0. The fourth-order valence-corrected chi connectivity index (χ4v) is 17.4. The van der Waals surface area contributed by atoms with Crippen LogP contribution in [0.5, 0.6) is 46.0 Å². The second kappa shape index (κ2) is 53.3. The molecule has 6 unspecified atom stereocenters. The van der Waals surface area contributed by atoms with Gasteiger partial charge in [0.1, 0.15) is 79.6 Å². The minimum atomic E-state index is -0.591. The van der Waals surface area contributed by atoms with E-state index in [4.69, 9.17) is 47.4 Å². The van der Waals surface area contributed by atoms with Gasteiger partial charge in [-0.25, -0.2) is 9.59 Å². The van der Waals surface area contributed by atoms with Gasteiger partial charge in [0.2, 0.25) is 12.6 Å². The third-order valence-corrected chi connectivity index (χ3v) is 29.2. The Morgan fingerprint density at radius 2 is 0.558 bits per heavy atom. The smallest absolute Gasteiger partial charge is 0.341 e. The van der Waals surface area contributed by atoms with Crippen LogP contribution in [0.1, 0.15) is 374 Å². The largest absolute Gasteiger partial charge is 0.508 e. The number of rotatable bonds is 34. The van der Waals surface area contributed by atoms with Crippen molar-refractivity contribution in [2.75, 3.05) is 13.2 Å². The van der Waals surface area contributed by atoms with Crippen molar-refractivity contribution in [1.82, 2.24) is 0 Å². The number of aryl methyl sites for hydroxylation is 1. The van der Waals surface area contributed by atoms with E-state index in [0.717, 1.165) is 145 Å². The second-order valence-electron chi connectivity index (χ2n) is 43.7. The Morgan fingerprint density at radius 1 is 0.293 bits per heavy atom. The molecule has 0 spiro atoms. The van der Waals surface area contributed by atoms with Gasteiger partial charge in [-0.15, -0.1) is 0 Å². The zero-order valence-electron chi connectivity index (χ0n) is 93.1. The SMILES string of the molecule is CCC(C)(C)c1ccc(OC(C)(C)c2ccc(C)cc2)cc1.CCC(C)(C)c1ccc(OC(C)(C)c2ccc(O)cc2)cc1.CCC(C)c1ccc(OC(C)(C)c2ccc(C(=O)OC3CCCCO3)c3ccccc23)cc1.CCC(C)c1ccc(OC(C)(C)c2ccc(C(=O)OC3CCCCO3)cc2)cc1.CCC(C)c1ccc(OC(C)(C)c2ccc(O)cc2)cc1.CCC(C)c1ccc(OC(C)(C)c2ccccc2)cc1. The minimum Gasteiger partial charge on any atom is -0.508 e. The monoisotopic (exact) mass is 1990 g/mol. The number of phenols is 2. The van der Waals surface area contributed by atoms with Crippen LogP contribution in [0, 0.1) is 6.92 Å². The molecule has 2 N–H and O–H groups in total. The number of carbonyl (C=O) groups excluding carboxylic acids is 2. The normalized spacial score (nSPS) is 14.8. The molecule has 2 heterocycles. The van der Waals surface area contributed by atoms with Crippen molar-refractivity contribution in [1.29, 1.82) is 0 Å². The molecule has 0 bridgehead atoms. The van der Waals surface area contributed by atoms with Gasteiger partial charge in [-0.05, 0) is 376 Å². The van der Waals surface area contributed by atoms with Gasteiger partial charge >= 0.3 is 11.9 Å². The van der Waals surface area contributed by atoms with E-state index in [1.54, 1.807) is 36.4 Å². The summed E-state index contributed by atoms with van der Waals surface area (Å²) in [4.78, 5) is 25.3. The predicted molar refractivity (Wildman–Crippen MR) is 604 cm³/mol. The van der Waals surface area contributed by atoms with E-state index in [2.05, 4.69) is 279 Å². The number of esters is 2. The summed E-state index contributed by atoms with van der Waals surface area (Å²) in [5.41, 5.74) is 14.6. The number of fused-ring (bicyclic) bond motifs is 1. The summed E-state index contributed by atoms with van der Waals surface area (Å²) in [6.45, 7) is 59.4. The fraction of sp³-hybridized carbons (Fsp3) is 0.414. The highest BCUT2D eigenvalue weighted by Gasteiger charge is 2.33. The number of benzene rings is 13. The number of ether oxygens (including phenoxy) is 10. The molecule has 147 heavy (non-hydrogen) atoms. The summed E-state index contributed by atoms with van der Waals surface area (Å²) >= 11 is 0. The average Bonchev–Trinajstić information content (AvgIpc) is 0.763. The van der Waals surface area contributed by atoms with Crippen LogP contribution in [0.25, 0.3) is 10.8 Å². The summed E-state index contributed by atoms with van der Waals surface area (Å²) in [5.74, 6) is 7.32. The van der Waals surface area contributed by atoms with Gasteiger partial charge in [0.15, 0.2) is 0 Å². The lowest BCUT2D eigenvalue weighted by atomic mass is 9.82. The lowest BCUT2D eigenvalue weighted by molar-refractivity contribution is -0.131. The average molecular weight is 1990 g/mol. The molecule has 0 aliphatic carbocycles. The topological polar surface area (TPSA) is 167 Å². The van der Waals surface area contributed by atoms with E-state index in [-0.39, 0.29) is 45.5 Å². The number of aromatic hydroxyl groups is 2. The van der Waals surface area contributed by atoms with Gasteiger partial charge in [-0.1, -0.05) is 297 Å². The van der Waals surface area contributed by atoms with Gasteiger partial charge in [-0.2, -0.15) is 0 Å². The first kappa shape index (κ1) is 116. The first-order chi connectivity index (χ1) is 69.7. The van der Waals surface area contributed by atoms with Crippen LogP contribution < -0.4 is 28.4 Å². The summed E-state index contributed by atoms with van der Waals surface area (Å²) in [6, 6.07) is 103. The number of hydrogen-bond donors (Lipinski definition) is 2. The van der Waals surface area contributed by atoms with E-state index in [1.165, 1.54) is 50.1 Å². The van der Waals surface area contributed by atoms with E-state index in [9.17, 15) is 19.8 Å². The third-order valence-electron chi connectivity index (χ3n) is 29.2. The molecule has 784 valence electrons. The molecule has 14 nitrogen and oxygen atoms in total. The van der Waals surface area contributed by atoms with E-state index < -0.39 is 35.0 Å². The van der Waals surface area contributed by atoms with Crippen LogP contribution in [-0.2, 0) is 63.4 Å². The van der Waals surface area contributed by atoms with Crippen LogP contribution in [0.15, 0.2) is 309 Å². The van der Waals surface area contributed by atoms with Crippen molar-refractivity contribution < 1.29 is 67.2 Å². The van der Waals surface area contributed by atoms with Crippen molar-refractivity contribution in [2.45, 2.75) is 345 Å². The zero-order chi connectivity index (χ0) is 107. The Labute approximate surface area is 881 Å². The van der Waals surface area contributed by atoms with Crippen molar-refractivity contribution in [3.63, 3.8) is 0 Å². The Hall–Kier alpha value is -12.6. The maximum absolute atomic E-state index is 13.0. The van der Waals surface area contributed by atoms with Crippen LogP contribution >= 0.6 is 0 Å². The number of hydrogen-bond acceptors (Lipinski definition) is 14. The molecule has 2 fully saturated rings. The molecule has 15 rings (SSSR count). The van der Waals surface area contributed by atoms with Crippen LogP contribution in [0.4, 0.5) is 0 Å². The molecule has 2 aliphatic heterocycles. The molecule has 0 aromatic heterocycles. The highest BCUT2D eigenvalue weighted by molar-refractivity contribution is 6.05. The number of phenolic OH excluding ortho intramolecular Hbond substituents is 2. The van der Waals surface area contributed by atoms with Crippen LogP contribution in [0.3, 0.4) is 0 Å². The highest BCUT2D eigenvalue weighted by atomic mass is 16.7. The molecule has 0 saturated carbocycles. The highest BCUT2D eigenvalue weighted by Crippen LogP contribution is 2.41. The maximum Gasteiger partial charge on any atom is 0.341 e. The zero-order valence-corrected chi connectivity index (χ0v) is 93.1. The summed E-state index contributed by atoms with van der Waals surface area (Å²) in [5, 5.41) is 20.6. The Kier molecular flexibility index (Phi) is 42.2. The molecule has 0 amide bonds. The van der Waals surface area contributed by atoms with Crippen molar-refractivity contribution >= 4 is 22.7 Å². The van der Waals surface area contributed by atoms with E-state index in [0.29, 0.717) is 48.0 Å². The van der Waals surface area contributed by atoms with E-state index in [1.807, 2.05) is 181 Å². The lowest BCUT2D eigenvalue weighted by Gasteiger charge is -2.29. The standard InChI is InChI=1S/C29H34O4.C25H32O4.C21H28O.C20H26O2.C19H24O2.C19H24O/c1-5-20(2)21-13-15-22(16-14-21)33-29(3,4)26-18-17-25(23-10-6-7-11-24(23)26)28(30)32-27-12-8-9-19-31-27;1-5-18(2)19-11-15-22(16-12-19)29-25(3,4)21-13-9-20(10-14-21)24(26)28-23-8-6-7-17-27-23;1-7-20(3,4)17-12-14-19(15-13-17)22-21(5,6)18-10-8-16(2)9-11-18;1-6-19(2,3)15-9-13-18(14-10-15)22-20(4,5)16-7-11-17(21)12-8-16;1-5-14(2)15-6-12-18(13-7-15)21-19(3,4)16-8-10-17(20)11-9-16;1-5-15(2)16-11-13-18(14-12-16)20-19(3,4)17-9-7-6-8-10-17/h6-7,10-11,13-18,20,27H,5,8-9,12,19H2,1-4H3;9-16,18,23H,5-8,17H2,1-4H3;8-15H,7H2,1-6H3;7-14,21H,6H2,1-5H3;6-14,20H,5H2,1-4H3;6-15H,5H2,1-4H3. The molecule has 6 atom stereocenters. The van der Waals surface area contributed by atoms with Gasteiger partial charge in [0, 0.05) is 18.4 Å². The third kappa shape index (κ3) is 34.2. The summed E-state index contributed by atoms with van der Waals surface area (Å²) in [6.07, 6.45) is 11.5. The molecule has 2 saturated heterocycles. The molecule has 14 heteroatoms. The first-order valence-electron chi connectivity index (χ1n) is 53.5. The van der Waals surface area contributed by atoms with Crippen molar-refractivity contribution in [3.8, 4) is 46.0 Å². The van der Waals surface area contributed by atoms with Crippen LogP contribution in [0.2, 0.25) is 0 Å². The van der Waals surface area contributed by atoms with Crippen molar-refractivity contribution in [3.05, 3.63) is 393 Å². The maximum atomic E-state index is 13.0. The van der Waals surface area contributed by atoms with Crippen LogP contribution in [-0.4, -0.2) is 47.9 Å². The summed E-state index contributed by atoms with van der Waals surface area (Å²) < 4.78 is 59.5. The second-order valence-corrected chi connectivity index (χ2v) is 43.7. The van der Waals surface area contributed by atoms with Gasteiger partial charge < -0.3 is 57.6 Å². The van der Waals surface area contributed by atoms with Gasteiger partial charge in [-0.3, -0.25) is 0 Å². The molecular formula is C133H168O14. The first-order valence-corrected chi connectivity index (χ1v) is 53.5. The van der Waals surface area contributed by atoms with Gasteiger partial charge in [0.05, 0.1) is 24.3 Å².